The van der Waals surface area contributed by atoms with E-state index in [-0.39, 0.29) is 5.91 Å². The Hall–Kier alpha value is -2.37. The number of carbonyl (C=O) groups excluding carboxylic acids is 1. The van der Waals surface area contributed by atoms with Crippen molar-refractivity contribution in [1.82, 2.24) is 25.3 Å². The molecular formula is C12H13N5O. The molecule has 3 N–H and O–H groups in total. The quantitative estimate of drug-likeness (QED) is 0.644. The van der Waals surface area contributed by atoms with E-state index in [0.717, 1.165) is 27.6 Å². The van der Waals surface area contributed by atoms with Crippen LogP contribution in [0.15, 0.2) is 18.7 Å². The van der Waals surface area contributed by atoms with Crippen LogP contribution in [0.4, 0.5) is 0 Å². The molecule has 0 aliphatic rings. The van der Waals surface area contributed by atoms with Gasteiger partial charge in [0.05, 0.1) is 29.8 Å². The van der Waals surface area contributed by atoms with Crippen molar-refractivity contribution >= 4 is 28.0 Å². The molecule has 0 saturated carbocycles. The zero-order chi connectivity index (χ0) is 12.5. The van der Waals surface area contributed by atoms with Gasteiger partial charge in [-0.05, 0) is 12.5 Å². The molecule has 92 valence electrons. The molecule has 3 aromatic heterocycles. The van der Waals surface area contributed by atoms with E-state index in [9.17, 15) is 4.79 Å². The number of imidazole rings is 1. The fourth-order valence-corrected chi connectivity index (χ4v) is 2.12. The summed E-state index contributed by atoms with van der Waals surface area (Å²) in [5, 5.41) is 3.71. The molecular weight excluding hydrogens is 230 g/mol. The average molecular weight is 243 g/mol. The summed E-state index contributed by atoms with van der Waals surface area (Å²) >= 11 is 0. The summed E-state index contributed by atoms with van der Waals surface area (Å²) in [5.41, 5.74) is 3.40. The molecule has 0 unspecified atom stereocenters. The Balaban J connectivity index is 2.11. The predicted molar refractivity (Wildman–Crippen MR) is 68.1 cm³/mol. The summed E-state index contributed by atoms with van der Waals surface area (Å²) < 4.78 is 0. The molecule has 6 heteroatoms. The van der Waals surface area contributed by atoms with E-state index in [0.29, 0.717) is 13.0 Å². The first-order chi connectivity index (χ1) is 8.79. The Kier molecular flexibility index (Phi) is 2.47. The summed E-state index contributed by atoms with van der Waals surface area (Å²) in [7, 11) is 0. The maximum atomic E-state index is 11.7. The summed E-state index contributed by atoms with van der Waals surface area (Å²) in [5.74, 6) is 0.00550. The first-order valence-electron chi connectivity index (χ1n) is 5.84. The van der Waals surface area contributed by atoms with Gasteiger partial charge in [-0.15, -0.1) is 0 Å². The van der Waals surface area contributed by atoms with Crippen molar-refractivity contribution in [2.24, 2.45) is 0 Å². The van der Waals surface area contributed by atoms with Gasteiger partial charge in [0.1, 0.15) is 11.2 Å². The minimum absolute atomic E-state index is 0.00550. The van der Waals surface area contributed by atoms with Gasteiger partial charge in [0, 0.05) is 12.7 Å². The highest BCUT2D eigenvalue weighted by Crippen LogP contribution is 2.24. The standard InChI is InChI=1S/C12H13N5O/c1-2-13-9(18)3-7-4-14-12-10(7)11-8(5-15-12)16-6-17-11/h4-6H,2-3H2,1H3,(H,13,18)(H,14,15)(H,16,17). The fourth-order valence-electron chi connectivity index (χ4n) is 2.12. The van der Waals surface area contributed by atoms with Crippen molar-refractivity contribution in [3.8, 4) is 0 Å². The number of amides is 1. The molecule has 0 aliphatic heterocycles. The first-order valence-corrected chi connectivity index (χ1v) is 5.84. The number of rotatable bonds is 3. The Morgan fingerprint density at radius 1 is 1.39 bits per heavy atom. The second-order valence-electron chi connectivity index (χ2n) is 4.09. The molecule has 3 heterocycles. The van der Waals surface area contributed by atoms with Crippen LogP contribution in [0.1, 0.15) is 12.5 Å². The van der Waals surface area contributed by atoms with Crippen molar-refractivity contribution in [3.63, 3.8) is 0 Å². The lowest BCUT2D eigenvalue weighted by atomic mass is 10.1. The predicted octanol–water partition coefficient (Wildman–Crippen LogP) is 1.12. The maximum absolute atomic E-state index is 11.7. The van der Waals surface area contributed by atoms with E-state index in [4.69, 9.17) is 0 Å². The first kappa shape index (κ1) is 10.8. The average Bonchev–Trinajstić information content (AvgIpc) is 2.94. The number of fused-ring (bicyclic) bond motifs is 3. The molecule has 0 bridgehead atoms. The Bertz CT molecular complexity index is 711. The number of H-pyrrole nitrogens is 2. The van der Waals surface area contributed by atoms with Gasteiger partial charge in [-0.25, -0.2) is 9.97 Å². The van der Waals surface area contributed by atoms with Crippen molar-refractivity contribution in [2.45, 2.75) is 13.3 Å². The molecule has 18 heavy (non-hydrogen) atoms. The fraction of sp³-hybridized carbons (Fsp3) is 0.250. The SMILES string of the molecule is CCNC(=O)Cc1c[nH]c2ncc3[nH]cnc3c12. The van der Waals surface area contributed by atoms with Crippen LogP contribution < -0.4 is 5.32 Å². The molecule has 3 rings (SSSR count). The van der Waals surface area contributed by atoms with Gasteiger partial charge in [-0.1, -0.05) is 0 Å². The minimum Gasteiger partial charge on any atom is -0.356 e. The highest BCUT2D eigenvalue weighted by molar-refractivity contribution is 6.04. The van der Waals surface area contributed by atoms with E-state index in [1.54, 1.807) is 12.5 Å². The second-order valence-corrected chi connectivity index (χ2v) is 4.09. The normalized spacial score (nSPS) is 11.2. The van der Waals surface area contributed by atoms with Crippen molar-refractivity contribution in [3.05, 3.63) is 24.3 Å². The molecule has 0 aromatic carbocycles. The van der Waals surface area contributed by atoms with Crippen LogP contribution in [0.3, 0.4) is 0 Å². The lowest BCUT2D eigenvalue weighted by Gasteiger charge is -2.01. The molecule has 0 aliphatic carbocycles. The summed E-state index contributed by atoms with van der Waals surface area (Å²) in [6.45, 7) is 2.54. The number of nitrogens with zero attached hydrogens (tertiary/aromatic N) is 2. The third-order valence-electron chi connectivity index (χ3n) is 2.89. The number of carbonyl (C=O) groups is 1. The Morgan fingerprint density at radius 2 is 2.28 bits per heavy atom. The molecule has 0 saturated heterocycles. The van der Waals surface area contributed by atoms with Crippen molar-refractivity contribution in [1.29, 1.82) is 0 Å². The number of hydrogen-bond donors (Lipinski definition) is 3. The topological polar surface area (TPSA) is 86.5 Å². The minimum atomic E-state index is 0.00550. The van der Waals surface area contributed by atoms with Gasteiger partial charge in [0.15, 0.2) is 0 Å². The van der Waals surface area contributed by atoms with Gasteiger partial charge in [0.2, 0.25) is 5.91 Å². The lowest BCUT2D eigenvalue weighted by Crippen LogP contribution is -2.24. The molecule has 1 amide bonds. The van der Waals surface area contributed by atoms with Gasteiger partial charge < -0.3 is 15.3 Å². The second kappa shape index (κ2) is 4.14. The van der Waals surface area contributed by atoms with Gasteiger partial charge >= 0.3 is 0 Å². The van der Waals surface area contributed by atoms with E-state index >= 15 is 0 Å². The Morgan fingerprint density at radius 3 is 3.11 bits per heavy atom. The van der Waals surface area contributed by atoms with Gasteiger partial charge in [-0.3, -0.25) is 4.79 Å². The van der Waals surface area contributed by atoms with Crippen LogP contribution in [0.2, 0.25) is 0 Å². The van der Waals surface area contributed by atoms with E-state index in [1.165, 1.54) is 0 Å². The monoisotopic (exact) mass is 243 g/mol. The van der Waals surface area contributed by atoms with Crippen LogP contribution >= 0.6 is 0 Å². The highest BCUT2D eigenvalue weighted by Gasteiger charge is 2.13. The Labute approximate surface area is 103 Å². The summed E-state index contributed by atoms with van der Waals surface area (Å²) in [4.78, 5) is 26.3. The number of nitrogens with one attached hydrogen (secondary N) is 3. The van der Waals surface area contributed by atoms with E-state index in [1.807, 2.05) is 13.1 Å². The lowest BCUT2D eigenvalue weighted by molar-refractivity contribution is -0.120. The third kappa shape index (κ3) is 1.62. The van der Waals surface area contributed by atoms with E-state index < -0.39 is 0 Å². The molecule has 0 atom stereocenters. The zero-order valence-electron chi connectivity index (χ0n) is 9.95. The zero-order valence-corrected chi connectivity index (χ0v) is 9.95. The van der Waals surface area contributed by atoms with Crippen LogP contribution in [0, 0.1) is 0 Å². The van der Waals surface area contributed by atoms with Crippen LogP contribution in [-0.4, -0.2) is 32.4 Å². The number of aromatic amines is 2. The molecule has 0 radical (unpaired) electrons. The summed E-state index contributed by atoms with van der Waals surface area (Å²) in [6, 6.07) is 0. The number of pyridine rings is 1. The van der Waals surface area contributed by atoms with Crippen molar-refractivity contribution < 1.29 is 4.79 Å². The smallest absolute Gasteiger partial charge is 0.224 e. The maximum Gasteiger partial charge on any atom is 0.224 e. The van der Waals surface area contributed by atoms with E-state index in [2.05, 4.69) is 25.3 Å². The molecule has 0 spiro atoms. The highest BCUT2D eigenvalue weighted by atomic mass is 16.1. The van der Waals surface area contributed by atoms with Crippen LogP contribution in [0.5, 0.6) is 0 Å². The number of hydrogen-bond acceptors (Lipinski definition) is 3. The molecule has 0 fully saturated rings. The van der Waals surface area contributed by atoms with Crippen molar-refractivity contribution in [2.75, 3.05) is 6.54 Å². The van der Waals surface area contributed by atoms with Crippen LogP contribution in [0.25, 0.3) is 22.1 Å². The van der Waals surface area contributed by atoms with Gasteiger partial charge in [-0.2, -0.15) is 0 Å². The summed E-state index contributed by atoms with van der Waals surface area (Å²) in [6.07, 6.45) is 5.52. The number of aromatic nitrogens is 4. The van der Waals surface area contributed by atoms with Crippen LogP contribution in [-0.2, 0) is 11.2 Å². The molecule has 6 nitrogen and oxygen atoms in total. The third-order valence-corrected chi connectivity index (χ3v) is 2.89. The largest absolute Gasteiger partial charge is 0.356 e. The molecule has 3 aromatic rings. The number of likely N-dealkylation sites (N-methyl/N-ethyl adjacent to an activating group) is 1. The van der Waals surface area contributed by atoms with Gasteiger partial charge in [0.25, 0.3) is 0 Å².